The van der Waals surface area contributed by atoms with Crippen LogP contribution in [0.2, 0.25) is 0 Å². The van der Waals surface area contributed by atoms with Crippen molar-refractivity contribution < 1.29 is 9.53 Å². The molecule has 3 N–H and O–H groups in total. The molecule has 96 valence electrons. The molecular weight excluding hydrogens is 230 g/mol. The number of hydrogen-bond donors (Lipinski definition) is 2. The van der Waals surface area contributed by atoms with Crippen LogP contribution in [-0.4, -0.2) is 19.1 Å². The topological polar surface area (TPSA) is 88.1 Å². The van der Waals surface area contributed by atoms with Gasteiger partial charge in [-0.15, -0.1) is 0 Å². The second kappa shape index (κ2) is 7.30. The summed E-state index contributed by atoms with van der Waals surface area (Å²) in [6.07, 6.45) is 0.300. The first-order valence-corrected chi connectivity index (χ1v) is 5.75. The summed E-state index contributed by atoms with van der Waals surface area (Å²) >= 11 is 0. The molecule has 0 saturated carbocycles. The third-order valence-corrected chi connectivity index (χ3v) is 2.33. The number of carbonyl (C=O) groups excluding carboxylic acids is 1. The Morgan fingerprint density at radius 1 is 1.50 bits per heavy atom. The van der Waals surface area contributed by atoms with E-state index in [0.29, 0.717) is 18.7 Å². The van der Waals surface area contributed by atoms with Gasteiger partial charge in [-0.05, 0) is 24.6 Å². The minimum atomic E-state index is -0.235. The quantitative estimate of drug-likeness (QED) is 0.737. The van der Waals surface area contributed by atoms with Crippen molar-refractivity contribution in [1.82, 2.24) is 5.32 Å². The van der Waals surface area contributed by atoms with Crippen molar-refractivity contribution in [3.63, 3.8) is 0 Å². The van der Waals surface area contributed by atoms with Crippen molar-refractivity contribution in [2.75, 3.05) is 13.2 Å². The first-order valence-electron chi connectivity index (χ1n) is 5.75. The van der Waals surface area contributed by atoms with Gasteiger partial charge >= 0.3 is 0 Å². The summed E-state index contributed by atoms with van der Waals surface area (Å²) in [5.41, 5.74) is 6.74. The second-order valence-corrected chi connectivity index (χ2v) is 3.90. The molecule has 0 aliphatic rings. The molecule has 18 heavy (non-hydrogen) atoms. The number of benzene rings is 1. The number of nitrogens with one attached hydrogen (secondary N) is 1. The van der Waals surface area contributed by atoms with Gasteiger partial charge in [-0.2, -0.15) is 5.26 Å². The highest BCUT2D eigenvalue weighted by Gasteiger charge is 2.03. The molecule has 0 unspecified atom stereocenters. The Hall–Kier alpha value is -2.06. The van der Waals surface area contributed by atoms with E-state index in [2.05, 4.69) is 5.32 Å². The number of nitrogens with zero attached hydrogens (tertiary/aromatic N) is 1. The van der Waals surface area contributed by atoms with Crippen molar-refractivity contribution in [2.24, 2.45) is 5.73 Å². The van der Waals surface area contributed by atoms with Gasteiger partial charge in [-0.3, -0.25) is 4.79 Å². The Labute approximate surface area is 107 Å². The van der Waals surface area contributed by atoms with Gasteiger partial charge in [0.1, 0.15) is 5.75 Å². The molecule has 1 amide bonds. The van der Waals surface area contributed by atoms with E-state index in [1.165, 1.54) is 0 Å². The zero-order chi connectivity index (χ0) is 13.4. The van der Waals surface area contributed by atoms with Crippen molar-refractivity contribution in [3.05, 3.63) is 29.8 Å². The molecule has 0 fully saturated rings. The maximum atomic E-state index is 11.3. The second-order valence-electron chi connectivity index (χ2n) is 3.90. The van der Waals surface area contributed by atoms with Crippen molar-refractivity contribution in [1.29, 1.82) is 5.26 Å². The lowest BCUT2D eigenvalue weighted by Crippen LogP contribution is -2.29. The summed E-state index contributed by atoms with van der Waals surface area (Å²) in [5.74, 6) is 0.386. The molecule has 5 heteroatoms. The minimum Gasteiger partial charge on any atom is -0.484 e. The zero-order valence-corrected chi connectivity index (χ0v) is 10.3. The number of amides is 1. The van der Waals surface area contributed by atoms with E-state index in [1.807, 2.05) is 25.1 Å². The summed E-state index contributed by atoms with van der Waals surface area (Å²) in [6, 6.07) is 9.22. The number of nitriles is 1. The van der Waals surface area contributed by atoms with Gasteiger partial charge < -0.3 is 15.8 Å². The smallest absolute Gasteiger partial charge is 0.257 e. The molecule has 0 aromatic heterocycles. The lowest BCUT2D eigenvalue weighted by atomic mass is 10.1. The van der Waals surface area contributed by atoms with E-state index < -0.39 is 0 Å². The monoisotopic (exact) mass is 247 g/mol. The fourth-order valence-electron chi connectivity index (χ4n) is 1.33. The van der Waals surface area contributed by atoms with Crippen molar-refractivity contribution >= 4 is 5.91 Å². The van der Waals surface area contributed by atoms with Gasteiger partial charge in [0.25, 0.3) is 5.91 Å². The van der Waals surface area contributed by atoms with E-state index in [1.54, 1.807) is 12.1 Å². The SMILES string of the molecule is C[C@@H](N)c1ccc(OCC(=O)NCCC#N)cc1. The Kier molecular flexibility index (Phi) is 5.68. The molecule has 0 bridgehead atoms. The van der Waals surface area contributed by atoms with Crippen LogP contribution in [0, 0.1) is 11.3 Å². The van der Waals surface area contributed by atoms with Crippen LogP contribution in [0.5, 0.6) is 5.75 Å². The van der Waals surface area contributed by atoms with Gasteiger partial charge in [-0.25, -0.2) is 0 Å². The Morgan fingerprint density at radius 2 is 2.17 bits per heavy atom. The highest BCUT2D eigenvalue weighted by Crippen LogP contribution is 2.15. The minimum absolute atomic E-state index is 0.0201. The molecule has 0 radical (unpaired) electrons. The lowest BCUT2D eigenvalue weighted by Gasteiger charge is -2.08. The molecule has 0 aliphatic carbocycles. The molecule has 1 atom stereocenters. The van der Waals surface area contributed by atoms with E-state index in [9.17, 15) is 4.79 Å². The lowest BCUT2D eigenvalue weighted by molar-refractivity contribution is -0.123. The molecule has 5 nitrogen and oxygen atoms in total. The molecule has 0 heterocycles. The normalized spacial score (nSPS) is 11.4. The standard InChI is InChI=1S/C13H17N3O2/c1-10(15)11-3-5-12(6-4-11)18-9-13(17)16-8-2-7-14/h3-6,10H,2,8-9,15H2,1H3,(H,16,17)/t10-/m1/s1. The van der Waals surface area contributed by atoms with Crippen LogP contribution in [0.15, 0.2) is 24.3 Å². The van der Waals surface area contributed by atoms with E-state index in [0.717, 1.165) is 5.56 Å². The number of ether oxygens (including phenoxy) is 1. The number of carbonyl (C=O) groups is 1. The fourth-order valence-corrected chi connectivity index (χ4v) is 1.33. The Balaban J connectivity index is 2.35. The predicted octanol–water partition coefficient (Wildman–Crippen LogP) is 1.11. The number of rotatable bonds is 6. The van der Waals surface area contributed by atoms with Crippen molar-refractivity contribution in [2.45, 2.75) is 19.4 Å². The fraction of sp³-hybridized carbons (Fsp3) is 0.385. The summed E-state index contributed by atoms with van der Waals surface area (Å²) in [4.78, 5) is 11.3. The third-order valence-electron chi connectivity index (χ3n) is 2.33. The van der Waals surface area contributed by atoms with Crippen LogP contribution >= 0.6 is 0 Å². The largest absolute Gasteiger partial charge is 0.484 e. The average Bonchev–Trinajstić information content (AvgIpc) is 2.37. The molecule has 0 aliphatic heterocycles. The maximum Gasteiger partial charge on any atom is 0.257 e. The summed E-state index contributed by atoms with van der Waals surface area (Å²) in [6.45, 7) is 2.20. The van der Waals surface area contributed by atoms with Crippen LogP contribution in [0.1, 0.15) is 24.9 Å². The number of nitrogens with two attached hydrogens (primary N) is 1. The molecule has 1 aromatic carbocycles. The van der Waals surface area contributed by atoms with E-state index in [-0.39, 0.29) is 18.6 Å². The van der Waals surface area contributed by atoms with Gasteiger partial charge in [-0.1, -0.05) is 12.1 Å². The number of hydrogen-bond acceptors (Lipinski definition) is 4. The highest BCUT2D eigenvalue weighted by molar-refractivity contribution is 5.77. The maximum absolute atomic E-state index is 11.3. The molecule has 0 saturated heterocycles. The Bertz CT molecular complexity index is 421. The third kappa shape index (κ3) is 4.85. The zero-order valence-electron chi connectivity index (χ0n) is 10.3. The van der Waals surface area contributed by atoms with Gasteiger partial charge in [0.15, 0.2) is 6.61 Å². The van der Waals surface area contributed by atoms with Gasteiger partial charge in [0.05, 0.1) is 12.5 Å². The first-order chi connectivity index (χ1) is 8.63. The molecule has 1 aromatic rings. The highest BCUT2D eigenvalue weighted by atomic mass is 16.5. The first kappa shape index (κ1) is 14.0. The average molecular weight is 247 g/mol. The van der Waals surface area contributed by atoms with Gasteiger partial charge in [0, 0.05) is 12.6 Å². The summed E-state index contributed by atoms with van der Waals surface area (Å²) in [7, 11) is 0. The summed E-state index contributed by atoms with van der Waals surface area (Å²) in [5, 5.41) is 10.9. The van der Waals surface area contributed by atoms with Crippen molar-refractivity contribution in [3.8, 4) is 11.8 Å². The van der Waals surface area contributed by atoms with E-state index in [4.69, 9.17) is 15.7 Å². The molecular formula is C13H17N3O2. The summed E-state index contributed by atoms with van der Waals surface area (Å²) < 4.78 is 5.30. The van der Waals surface area contributed by atoms with E-state index >= 15 is 0 Å². The predicted molar refractivity (Wildman–Crippen MR) is 67.8 cm³/mol. The molecule has 1 rings (SSSR count). The van der Waals surface area contributed by atoms with Crippen LogP contribution in [-0.2, 0) is 4.79 Å². The van der Waals surface area contributed by atoms with Gasteiger partial charge in [0.2, 0.25) is 0 Å². The van der Waals surface area contributed by atoms with Crippen LogP contribution < -0.4 is 15.8 Å². The van der Waals surface area contributed by atoms with Crippen LogP contribution in [0.4, 0.5) is 0 Å². The molecule has 0 spiro atoms. The van der Waals surface area contributed by atoms with Crippen LogP contribution in [0.3, 0.4) is 0 Å². The van der Waals surface area contributed by atoms with Crippen LogP contribution in [0.25, 0.3) is 0 Å². The Morgan fingerprint density at radius 3 is 2.72 bits per heavy atom.